The zero-order valence-electron chi connectivity index (χ0n) is 57.9. The van der Waals surface area contributed by atoms with Crippen LogP contribution in [0.4, 0.5) is 13.2 Å². The molecular formula is C69H111ClF3N11O11. The maximum absolute atomic E-state index is 15.6. The predicted molar refractivity (Wildman–Crippen MR) is 352 cm³/mol. The molecule has 0 aromatic heterocycles. The maximum atomic E-state index is 15.6. The van der Waals surface area contributed by atoms with Crippen molar-refractivity contribution in [3.8, 4) is 0 Å². The first-order valence-electron chi connectivity index (χ1n) is 35.8. The highest BCUT2D eigenvalue weighted by Gasteiger charge is 2.52. The third-order valence-corrected chi connectivity index (χ3v) is 23.0. The number of hydrogen-bond donors (Lipinski definition) is 4. The van der Waals surface area contributed by atoms with Gasteiger partial charge in [-0.15, -0.1) is 11.6 Å². The lowest BCUT2D eigenvalue weighted by molar-refractivity contribution is -0.182. The van der Waals surface area contributed by atoms with E-state index in [0.29, 0.717) is 44.9 Å². The van der Waals surface area contributed by atoms with Gasteiger partial charge in [-0.2, -0.15) is 13.2 Å². The lowest BCUT2D eigenvalue weighted by Crippen LogP contribution is -2.65. The molecule has 1 spiro atoms. The van der Waals surface area contributed by atoms with Gasteiger partial charge in [0.2, 0.25) is 65.0 Å². The summed E-state index contributed by atoms with van der Waals surface area (Å²) >= 11 is 6.40. The van der Waals surface area contributed by atoms with Crippen molar-refractivity contribution in [2.24, 2.45) is 35.5 Å². The number of fused-ring (bicyclic) bond motifs is 1. The first kappa shape index (κ1) is 76.6. The molecule has 536 valence electrons. The summed E-state index contributed by atoms with van der Waals surface area (Å²) in [6, 6.07) is -6.55. The topological polar surface area (TPSA) is 259 Å². The van der Waals surface area contributed by atoms with E-state index in [1.165, 1.54) is 57.6 Å². The van der Waals surface area contributed by atoms with Crippen LogP contribution < -0.4 is 21.3 Å². The minimum absolute atomic E-state index is 0.0198. The molecule has 95 heavy (non-hydrogen) atoms. The van der Waals surface area contributed by atoms with Crippen LogP contribution in [0, 0.1) is 35.5 Å². The van der Waals surface area contributed by atoms with Crippen molar-refractivity contribution in [2.75, 3.05) is 75.0 Å². The Morgan fingerprint density at radius 1 is 0.558 bits per heavy atom. The molecule has 0 radical (unpaired) electrons. The Morgan fingerprint density at radius 2 is 1.14 bits per heavy atom. The van der Waals surface area contributed by atoms with Crippen LogP contribution in [0.15, 0.2) is 0 Å². The standard InChI is InChI=1S/C69H111ClF3N11O11/c1-9-44(2)59-65(93)80(5)42-57(87)78(3)43-58(88)81(6)54(40-46-24-15-11-16-25-46)64(92)79(4)41-56(86)75-51(32-30-47-29-31-49(50(70)38-47)69(71,72)73)63(91)84-37-21-28-52(84)62(90)77-68(34-19-20-35-68)67(95)83(8)60(48-26-17-12-18-27-48)66(94)82(7)53(39-45-22-13-10-14-23-45)61(89)74-36-33-55(85)76-59/h44-54,59-60H,9-43H2,1-8H3,(H,74,89)(H,75,86)(H,76,85)(H,77,90)/t44-,47?,49?,50?,51-,52-,53-,54-,59-,60-/m0/s1. The van der Waals surface area contributed by atoms with E-state index < -0.39 is 144 Å². The molecular weight excluding hydrogens is 1250 g/mol. The molecule has 7 fully saturated rings. The number of halogens is 4. The zero-order chi connectivity index (χ0) is 69.5. The fraction of sp³-hybridized carbons (Fsp3) is 0.841. The molecule has 11 amide bonds. The van der Waals surface area contributed by atoms with Crippen molar-refractivity contribution < 1.29 is 65.9 Å². The lowest BCUT2D eigenvalue weighted by Gasteiger charge is -2.43. The number of carbonyl (C=O) groups excluding carboxylic acids is 11. The number of rotatable bonds is 10. The number of alkyl halides is 4. The van der Waals surface area contributed by atoms with Gasteiger partial charge in [-0.25, -0.2) is 0 Å². The molecule has 5 aliphatic carbocycles. The number of hydrogen-bond acceptors (Lipinski definition) is 11. The molecule has 22 nitrogen and oxygen atoms in total. The quantitative estimate of drug-likeness (QED) is 0.168. The van der Waals surface area contributed by atoms with Gasteiger partial charge in [-0.3, -0.25) is 52.7 Å². The fourth-order valence-corrected chi connectivity index (χ4v) is 16.9. The Hall–Kier alpha value is -5.75. The second-order valence-electron chi connectivity index (χ2n) is 29.3. The fourth-order valence-electron chi connectivity index (χ4n) is 16.3. The van der Waals surface area contributed by atoms with Gasteiger partial charge >= 0.3 is 6.18 Å². The van der Waals surface area contributed by atoms with Crippen molar-refractivity contribution in [3.63, 3.8) is 0 Å². The van der Waals surface area contributed by atoms with Crippen LogP contribution in [0.5, 0.6) is 0 Å². The molecule has 4 N–H and O–H groups in total. The molecule has 26 heteroatoms. The largest absolute Gasteiger partial charge is 0.393 e. The minimum Gasteiger partial charge on any atom is -0.354 e. The Balaban J connectivity index is 1.22. The third kappa shape index (κ3) is 20.2. The SMILES string of the molecule is CC[C@H](C)[C@@H]1NC(=O)CCNC(=O)[C@H](CC2CCCCC2)N(C)C(=O)[C@H](C2CCCCC2)N(C)C(=O)C2(CCCC2)NC(=O)[C@@H]2CCCN2C(=O)[C@H](CCC2CCC(C(F)(F)F)C(Cl)C2)NC(=O)CN(C)C(=O)[C@H](CC2CCCCC2)N(C)C(=O)CN(C)C(=O)CN(C)C1=O. The average Bonchev–Trinajstić information content (AvgIpc) is 1.74. The van der Waals surface area contributed by atoms with Gasteiger partial charge in [0.25, 0.3) is 0 Å². The summed E-state index contributed by atoms with van der Waals surface area (Å²) in [5.74, 6) is -8.70. The summed E-state index contributed by atoms with van der Waals surface area (Å²) in [5.41, 5.74) is -1.47. The smallest absolute Gasteiger partial charge is 0.354 e. The molecule has 0 aromatic carbocycles. The minimum atomic E-state index is -4.49. The third-order valence-electron chi connectivity index (χ3n) is 22.5. The van der Waals surface area contributed by atoms with E-state index in [9.17, 15) is 46.7 Å². The van der Waals surface area contributed by atoms with Crippen LogP contribution in [0.3, 0.4) is 0 Å². The highest BCUT2D eigenvalue weighted by atomic mass is 35.5. The first-order chi connectivity index (χ1) is 45.0. The highest BCUT2D eigenvalue weighted by molar-refractivity contribution is 6.20. The van der Waals surface area contributed by atoms with Gasteiger partial charge in [-0.05, 0) is 113 Å². The zero-order valence-corrected chi connectivity index (χ0v) is 58.6. The normalized spacial score (nSPS) is 30.3. The molecule has 2 heterocycles. The summed E-state index contributed by atoms with van der Waals surface area (Å²) < 4.78 is 41.9. The number of carbonyl (C=O) groups is 11. The predicted octanol–water partition coefficient (Wildman–Crippen LogP) is 6.69. The summed E-state index contributed by atoms with van der Waals surface area (Å²) in [7, 11) is 8.89. The molecule has 2 saturated heterocycles. The number of amides is 11. The van der Waals surface area contributed by atoms with Crippen molar-refractivity contribution >= 4 is 76.6 Å². The van der Waals surface area contributed by atoms with Crippen LogP contribution in [0.25, 0.3) is 0 Å². The van der Waals surface area contributed by atoms with Gasteiger partial charge in [0.05, 0.1) is 25.6 Å². The Morgan fingerprint density at radius 3 is 1.73 bits per heavy atom. The van der Waals surface area contributed by atoms with E-state index in [2.05, 4.69) is 21.3 Å². The van der Waals surface area contributed by atoms with E-state index >= 15 is 19.2 Å². The maximum Gasteiger partial charge on any atom is 0.393 e. The molecule has 5 saturated carbocycles. The van der Waals surface area contributed by atoms with E-state index in [1.54, 1.807) is 21.0 Å². The van der Waals surface area contributed by atoms with Crippen molar-refractivity contribution in [1.82, 2.24) is 55.6 Å². The molecule has 10 atom stereocenters. The Bertz CT molecular complexity index is 2690. The monoisotopic (exact) mass is 1360 g/mol. The second kappa shape index (κ2) is 35.1. The number of nitrogens with one attached hydrogen (secondary N) is 4. The molecule has 3 unspecified atom stereocenters. The second-order valence-corrected chi connectivity index (χ2v) is 29.9. The molecule has 7 rings (SSSR count). The van der Waals surface area contributed by atoms with E-state index in [-0.39, 0.29) is 107 Å². The van der Waals surface area contributed by atoms with Crippen molar-refractivity contribution in [3.05, 3.63) is 0 Å². The van der Waals surface area contributed by atoms with Crippen LogP contribution >= 0.6 is 11.6 Å². The number of nitrogens with zero attached hydrogens (tertiary/aromatic N) is 7. The number of likely N-dealkylation sites (N-methyl/N-ethyl adjacent to an activating group) is 6. The Kier molecular flexibility index (Phi) is 28.3. The summed E-state index contributed by atoms with van der Waals surface area (Å²) in [6.07, 6.45) is 11.8. The highest BCUT2D eigenvalue weighted by Crippen LogP contribution is 2.44. The van der Waals surface area contributed by atoms with Crippen LogP contribution in [0.2, 0.25) is 0 Å². The molecule has 7 aliphatic rings. The molecule has 2 aliphatic heterocycles. The summed E-state index contributed by atoms with van der Waals surface area (Å²) in [5, 5.41) is 10.5. The average molecular weight is 1360 g/mol. The van der Waals surface area contributed by atoms with Crippen LogP contribution in [0.1, 0.15) is 206 Å². The van der Waals surface area contributed by atoms with Crippen molar-refractivity contribution in [1.29, 1.82) is 0 Å². The Labute approximate surface area is 566 Å². The van der Waals surface area contributed by atoms with Crippen LogP contribution in [-0.4, -0.2) is 228 Å². The van der Waals surface area contributed by atoms with E-state index in [4.69, 9.17) is 11.6 Å². The van der Waals surface area contributed by atoms with Gasteiger partial charge < -0.3 is 55.6 Å². The molecule has 0 aromatic rings. The summed E-state index contributed by atoms with van der Waals surface area (Å²) in [4.78, 5) is 171. The van der Waals surface area contributed by atoms with Gasteiger partial charge in [-0.1, -0.05) is 117 Å². The van der Waals surface area contributed by atoms with Gasteiger partial charge in [0.1, 0.15) is 41.8 Å². The lowest BCUT2D eigenvalue weighted by atomic mass is 9.78. The van der Waals surface area contributed by atoms with Crippen LogP contribution in [-0.2, 0) is 52.7 Å². The first-order valence-corrected chi connectivity index (χ1v) is 36.2. The molecule has 0 bridgehead atoms. The van der Waals surface area contributed by atoms with Gasteiger partial charge in [0, 0.05) is 67.2 Å². The van der Waals surface area contributed by atoms with Gasteiger partial charge in [0.15, 0.2) is 0 Å². The van der Waals surface area contributed by atoms with Crippen molar-refractivity contribution in [2.45, 2.75) is 260 Å². The summed E-state index contributed by atoms with van der Waals surface area (Å²) in [6.45, 7) is 2.12. The van der Waals surface area contributed by atoms with E-state index in [0.717, 1.165) is 88.4 Å². The van der Waals surface area contributed by atoms with E-state index in [1.807, 2.05) is 6.92 Å².